The van der Waals surface area contributed by atoms with Crippen LogP contribution in [0.25, 0.3) is 0 Å². The maximum atomic E-state index is 13.4. The number of benzene rings is 2. The van der Waals surface area contributed by atoms with Crippen molar-refractivity contribution in [2.75, 3.05) is 38.2 Å². The summed E-state index contributed by atoms with van der Waals surface area (Å²) in [6, 6.07) is 13.9. The summed E-state index contributed by atoms with van der Waals surface area (Å²) >= 11 is 0. The number of halogens is 3. The van der Waals surface area contributed by atoms with Crippen LogP contribution in [0.3, 0.4) is 0 Å². The molecular weight excluding hydrogens is 404 g/mol. The molecule has 1 heterocycles. The van der Waals surface area contributed by atoms with Crippen LogP contribution in [0, 0.1) is 5.82 Å². The zero-order valence-corrected chi connectivity index (χ0v) is 17.6. The third-order valence-electron chi connectivity index (χ3n) is 4.87. The SMILES string of the molecule is COc1cc(F)ccc1N1CCN(C(=O)C(C)(N)c2ccccc2)CC1.Cl.Cl. The number of amides is 1. The van der Waals surface area contributed by atoms with E-state index in [4.69, 9.17) is 10.5 Å². The standard InChI is InChI=1S/C20H24FN3O2.2ClH/c1-20(22,15-6-4-3-5-7-15)19(25)24-12-10-23(11-13-24)17-9-8-16(21)14-18(17)26-2;;/h3-9,14H,10-13,22H2,1-2H3;2*1H. The number of nitrogens with zero attached hydrogens (tertiary/aromatic N) is 2. The molecule has 2 aromatic carbocycles. The highest BCUT2D eigenvalue weighted by Gasteiger charge is 2.36. The van der Waals surface area contributed by atoms with Crippen LogP contribution in [0.2, 0.25) is 0 Å². The van der Waals surface area contributed by atoms with Gasteiger partial charge in [-0.3, -0.25) is 4.79 Å². The molecule has 0 bridgehead atoms. The van der Waals surface area contributed by atoms with Crippen LogP contribution >= 0.6 is 24.8 Å². The fourth-order valence-electron chi connectivity index (χ4n) is 3.30. The molecule has 0 spiro atoms. The van der Waals surface area contributed by atoms with Crippen LogP contribution in [0.15, 0.2) is 48.5 Å². The monoisotopic (exact) mass is 429 g/mol. The highest BCUT2D eigenvalue weighted by atomic mass is 35.5. The number of methoxy groups -OCH3 is 1. The van der Waals surface area contributed by atoms with Gasteiger partial charge in [-0.15, -0.1) is 24.8 Å². The zero-order valence-electron chi connectivity index (χ0n) is 15.9. The van der Waals surface area contributed by atoms with Crippen molar-refractivity contribution in [3.8, 4) is 5.75 Å². The fourth-order valence-corrected chi connectivity index (χ4v) is 3.30. The number of piperazine rings is 1. The molecule has 3 rings (SSSR count). The lowest BCUT2D eigenvalue weighted by molar-refractivity contribution is -0.137. The van der Waals surface area contributed by atoms with Crippen molar-refractivity contribution >= 4 is 36.4 Å². The first-order chi connectivity index (χ1) is 12.4. The molecule has 28 heavy (non-hydrogen) atoms. The fraction of sp³-hybridized carbons (Fsp3) is 0.350. The van der Waals surface area contributed by atoms with Crippen LogP contribution in [-0.2, 0) is 10.3 Å². The maximum absolute atomic E-state index is 13.4. The molecule has 1 atom stereocenters. The van der Waals surface area contributed by atoms with Gasteiger partial charge in [0.1, 0.15) is 17.1 Å². The van der Waals surface area contributed by atoms with Crippen LogP contribution in [0.4, 0.5) is 10.1 Å². The molecule has 2 N–H and O–H groups in total. The van der Waals surface area contributed by atoms with E-state index in [0.29, 0.717) is 31.9 Å². The van der Waals surface area contributed by atoms with E-state index >= 15 is 0 Å². The third-order valence-corrected chi connectivity index (χ3v) is 4.87. The van der Waals surface area contributed by atoms with Gasteiger partial charge in [-0.1, -0.05) is 30.3 Å². The van der Waals surface area contributed by atoms with Crippen molar-refractivity contribution < 1.29 is 13.9 Å². The Hall–Kier alpha value is -2.02. The molecular formula is C20H26Cl2FN3O2. The van der Waals surface area contributed by atoms with Crippen molar-refractivity contribution in [3.63, 3.8) is 0 Å². The Morgan fingerprint density at radius 1 is 1.07 bits per heavy atom. The third kappa shape index (κ3) is 4.87. The molecule has 1 unspecified atom stereocenters. The van der Waals surface area contributed by atoms with Crippen molar-refractivity contribution in [2.45, 2.75) is 12.5 Å². The Kier molecular flexibility index (Phi) is 8.54. The van der Waals surface area contributed by atoms with E-state index in [0.717, 1.165) is 11.3 Å². The highest BCUT2D eigenvalue weighted by molar-refractivity contribution is 5.87. The minimum absolute atomic E-state index is 0. The largest absolute Gasteiger partial charge is 0.494 e. The van der Waals surface area contributed by atoms with Crippen LogP contribution in [0.1, 0.15) is 12.5 Å². The molecule has 0 radical (unpaired) electrons. The number of carbonyl (C=O) groups is 1. The van der Waals surface area contributed by atoms with Crippen molar-refractivity contribution in [1.82, 2.24) is 4.90 Å². The molecule has 1 aliphatic rings. The van der Waals surface area contributed by atoms with E-state index in [1.54, 1.807) is 17.9 Å². The molecule has 5 nitrogen and oxygen atoms in total. The smallest absolute Gasteiger partial charge is 0.247 e. The summed E-state index contributed by atoms with van der Waals surface area (Å²) < 4.78 is 18.7. The average Bonchev–Trinajstić information content (AvgIpc) is 2.68. The molecule has 0 saturated carbocycles. The second-order valence-corrected chi connectivity index (χ2v) is 6.66. The van der Waals surface area contributed by atoms with E-state index < -0.39 is 5.54 Å². The van der Waals surface area contributed by atoms with Gasteiger partial charge in [0.25, 0.3) is 0 Å². The molecule has 1 saturated heterocycles. The summed E-state index contributed by atoms with van der Waals surface area (Å²) in [4.78, 5) is 16.8. The van der Waals surface area contributed by atoms with Gasteiger partial charge in [0.15, 0.2) is 0 Å². The van der Waals surface area contributed by atoms with Crippen molar-refractivity contribution in [1.29, 1.82) is 0 Å². The summed E-state index contributed by atoms with van der Waals surface area (Å²) in [6.45, 7) is 4.13. The predicted octanol–water partition coefficient (Wildman–Crippen LogP) is 3.20. The van der Waals surface area contributed by atoms with Gasteiger partial charge in [0.2, 0.25) is 5.91 Å². The molecule has 1 aliphatic heterocycles. The lowest BCUT2D eigenvalue weighted by Gasteiger charge is -2.39. The molecule has 8 heteroatoms. The minimum atomic E-state index is -1.06. The topological polar surface area (TPSA) is 58.8 Å². The summed E-state index contributed by atoms with van der Waals surface area (Å²) in [5.41, 5.74) is 6.93. The summed E-state index contributed by atoms with van der Waals surface area (Å²) in [6.07, 6.45) is 0. The van der Waals surface area contributed by atoms with Gasteiger partial charge in [0, 0.05) is 32.2 Å². The average molecular weight is 430 g/mol. The number of ether oxygens (including phenoxy) is 1. The number of carbonyl (C=O) groups excluding carboxylic acids is 1. The number of rotatable bonds is 4. The zero-order chi connectivity index (χ0) is 18.7. The summed E-state index contributed by atoms with van der Waals surface area (Å²) in [5.74, 6) is 0.0771. The lowest BCUT2D eigenvalue weighted by atomic mass is 9.91. The normalized spacial score (nSPS) is 15.7. The van der Waals surface area contributed by atoms with E-state index in [9.17, 15) is 9.18 Å². The molecule has 1 fully saturated rings. The van der Waals surface area contributed by atoms with Gasteiger partial charge < -0.3 is 20.3 Å². The Morgan fingerprint density at radius 2 is 1.68 bits per heavy atom. The van der Waals surface area contributed by atoms with E-state index in [1.807, 2.05) is 30.3 Å². The van der Waals surface area contributed by atoms with Crippen LogP contribution in [-0.4, -0.2) is 44.1 Å². The number of hydrogen-bond donors (Lipinski definition) is 1. The first-order valence-corrected chi connectivity index (χ1v) is 8.65. The molecule has 0 aliphatic carbocycles. The van der Waals surface area contributed by atoms with Gasteiger partial charge >= 0.3 is 0 Å². The van der Waals surface area contributed by atoms with Crippen molar-refractivity contribution in [2.24, 2.45) is 5.73 Å². The summed E-state index contributed by atoms with van der Waals surface area (Å²) in [7, 11) is 1.53. The second-order valence-electron chi connectivity index (χ2n) is 6.66. The number of nitrogens with two attached hydrogens (primary N) is 1. The Bertz CT molecular complexity index is 782. The first-order valence-electron chi connectivity index (χ1n) is 8.65. The molecule has 1 amide bonds. The highest BCUT2D eigenvalue weighted by Crippen LogP contribution is 2.30. The van der Waals surface area contributed by atoms with Gasteiger partial charge in [-0.2, -0.15) is 0 Å². The van der Waals surface area contributed by atoms with Gasteiger partial charge in [0.05, 0.1) is 12.8 Å². The maximum Gasteiger partial charge on any atom is 0.247 e. The Labute approximate surface area is 177 Å². The first kappa shape index (κ1) is 24.0. The van der Waals surface area contributed by atoms with E-state index in [1.165, 1.54) is 19.2 Å². The predicted molar refractivity (Wildman–Crippen MR) is 114 cm³/mol. The summed E-state index contributed by atoms with van der Waals surface area (Å²) in [5, 5.41) is 0. The van der Waals surface area contributed by atoms with Crippen LogP contribution in [0.5, 0.6) is 5.75 Å². The Morgan fingerprint density at radius 3 is 2.25 bits per heavy atom. The molecule has 2 aromatic rings. The van der Waals surface area contributed by atoms with Gasteiger partial charge in [-0.05, 0) is 24.6 Å². The lowest BCUT2D eigenvalue weighted by Crippen LogP contribution is -2.56. The molecule has 154 valence electrons. The Balaban J connectivity index is 0.00000196. The quantitative estimate of drug-likeness (QED) is 0.810. The van der Waals surface area contributed by atoms with E-state index in [2.05, 4.69) is 4.90 Å². The minimum Gasteiger partial charge on any atom is -0.494 e. The van der Waals surface area contributed by atoms with E-state index in [-0.39, 0.29) is 36.5 Å². The number of hydrogen-bond acceptors (Lipinski definition) is 4. The molecule has 0 aromatic heterocycles. The number of anilines is 1. The second kappa shape index (κ2) is 9.96. The van der Waals surface area contributed by atoms with Gasteiger partial charge in [-0.25, -0.2) is 4.39 Å². The van der Waals surface area contributed by atoms with Crippen LogP contribution < -0.4 is 15.4 Å². The van der Waals surface area contributed by atoms with Crippen molar-refractivity contribution in [3.05, 3.63) is 59.9 Å².